The highest BCUT2D eigenvalue weighted by Crippen LogP contribution is 2.62. The smallest absolute Gasteiger partial charge is 0.00279 e. The van der Waals surface area contributed by atoms with Crippen molar-refractivity contribution in [3.05, 3.63) is 21.9 Å². The number of hydrogen-bond acceptors (Lipinski definition) is 1. The highest BCUT2D eigenvalue weighted by Gasteiger charge is 2.52. The fourth-order valence-corrected chi connectivity index (χ4v) is 6.93. The van der Waals surface area contributed by atoms with Gasteiger partial charge in [0.05, 0.1) is 0 Å². The molecule has 0 saturated heterocycles. The Morgan fingerprint density at radius 2 is 1.47 bits per heavy atom. The van der Waals surface area contributed by atoms with Crippen molar-refractivity contribution >= 4 is 11.3 Å². The van der Waals surface area contributed by atoms with Gasteiger partial charge in [-0.3, -0.25) is 0 Å². The highest BCUT2D eigenvalue weighted by atomic mass is 32.1. The summed E-state index contributed by atoms with van der Waals surface area (Å²) in [5.41, 5.74) is 4.30. The van der Waals surface area contributed by atoms with Crippen LogP contribution in [0.5, 0.6) is 0 Å². The van der Waals surface area contributed by atoms with Crippen molar-refractivity contribution in [2.24, 2.45) is 17.8 Å². The van der Waals surface area contributed by atoms with Gasteiger partial charge in [0, 0.05) is 0 Å². The van der Waals surface area contributed by atoms with Crippen LogP contribution >= 0.6 is 11.3 Å². The molecule has 0 atom stereocenters. The van der Waals surface area contributed by atoms with Crippen LogP contribution in [0.1, 0.15) is 70.4 Å². The topological polar surface area (TPSA) is 0 Å². The summed E-state index contributed by atoms with van der Waals surface area (Å²) < 4.78 is 0. The first kappa shape index (κ1) is 12.4. The maximum atomic E-state index is 2.51. The normalized spacial score (nSPS) is 40.9. The van der Waals surface area contributed by atoms with Crippen molar-refractivity contribution in [3.63, 3.8) is 0 Å². The number of thiophene rings is 1. The minimum atomic E-state index is 0.318. The first-order valence-corrected chi connectivity index (χ1v) is 8.98. The van der Waals surface area contributed by atoms with E-state index in [1.165, 1.54) is 19.3 Å². The van der Waals surface area contributed by atoms with Crippen molar-refractivity contribution in [2.75, 3.05) is 0 Å². The molecule has 0 amide bonds. The molecule has 1 heteroatoms. The molecule has 0 aromatic carbocycles. The van der Waals surface area contributed by atoms with E-state index < -0.39 is 0 Å². The molecule has 0 nitrogen and oxygen atoms in total. The molecule has 0 aliphatic heterocycles. The Morgan fingerprint density at radius 3 is 1.95 bits per heavy atom. The van der Waals surface area contributed by atoms with Crippen molar-refractivity contribution < 1.29 is 0 Å². The first-order chi connectivity index (χ1) is 8.96. The zero-order valence-corrected chi connectivity index (χ0v) is 13.4. The Bertz CT molecular complexity index is 453. The van der Waals surface area contributed by atoms with Gasteiger partial charge in [-0.25, -0.2) is 0 Å². The summed E-state index contributed by atoms with van der Waals surface area (Å²) in [5, 5.41) is 4.95. The van der Waals surface area contributed by atoms with E-state index in [1.54, 1.807) is 30.4 Å². The third-order valence-corrected chi connectivity index (χ3v) is 6.82. The fourth-order valence-electron chi connectivity index (χ4n) is 5.73. The second kappa shape index (κ2) is 3.87. The Kier molecular flexibility index (Phi) is 2.54. The van der Waals surface area contributed by atoms with Crippen molar-refractivity contribution in [1.82, 2.24) is 0 Å². The van der Waals surface area contributed by atoms with Gasteiger partial charge in [-0.15, -0.1) is 0 Å². The summed E-state index contributed by atoms with van der Waals surface area (Å²) >= 11 is 1.94. The standard InChI is InChI=1S/C18H26S/c1-17(2,3)15-10-19-11-16(15)18-7-12-4-13(8-18)6-14(5-12)9-18/h10-14H,4-9H2,1-3H3. The van der Waals surface area contributed by atoms with Crippen LogP contribution in [0.3, 0.4) is 0 Å². The molecule has 1 aromatic rings. The Balaban J connectivity index is 1.78. The van der Waals surface area contributed by atoms with Crippen molar-refractivity contribution in [3.8, 4) is 0 Å². The zero-order valence-electron chi connectivity index (χ0n) is 12.5. The summed E-state index contributed by atoms with van der Waals surface area (Å²) in [6.07, 6.45) is 9.15. The lowest BCUT2D eigenvalue weighted by Crippen LogP contribution is -2.49. The molecule has 0 spiro atoms. The SMILES string of the molecule is CC(C)(C)c1cscc1C12CC3CC(CC(C3)C1)C2. The van der Waals surface area contributed by atoms with E-state index in [4.69, 9.17) is 0 Å². The van der Waals surface area contributed by atoms with E-state index in [1.807, 2.05) is 11.3 Å². The Labute approximate surface area is 121 Å². The van der Waals surface area contributed by atoms with E-state index in [9.17, 15) is 0 Å². The van der Waals surface area contributed by atoms with Gasteiger partial charge in [0.2, 0.25) is 0 Å². The van der Waals surface area contributed by atoms with Crippen LogP contribution in [0.15, 0.2) is 10.8 Å². The molecular formula is C18H26S. The Hall–Kier alpha value is -0.300. The highest BCUT2D eigenvalue weighted by molar-refractivity contribution is 7.08. The lowest BCUT2D eigenvalue weighted by Gasteiger charge is -2.57. The largest absolute Gasteiger partial charge is 0.152 e. The van der Waals surface area contributed by atoms with Crippen LogP contribution in [-0.4, -0.2) is 0 Å². The van der Waals surface area contributed by atoms with Crippen LogP contribution in [0.4, 0.5) is 0 Å². The van der Waals surface area contributed by atoms with Crippen LogP contribution in [0, 0.1) is 17.8 Å². The quantitative estimate of drug-likeness (QED) is 0.633. The molecule has 5 rings (SSSR count). The summed E-state index contributed by atoms with van der Waals surface area (Å²) in [4.78, 5) is 0. The number of rotatable bonds is 1. The van der Waals surface area contributed by atoms with Gasteiger partial charge in [-0.05, 0) is 89.0 Å². The van der Waals surface area contributed by atoms with Crippen LogP contribution in [0.25, 0.3) is 0 Å². The predicted octanol–water partition coefficient (Wildman–Crippen LogP) is 5.51. The third-order valence-electron chi connectivity index (χ3n) is 6.08. The van der Waals surface area contributed by atoms with Gasteiger partial charge in [-0.1, -0.05) is 20.8 Å². The molecule has 4 saturated carbocycles. The summed E-state index contributed by atoms with van der Waals surface area (Å²) in [6, 6.07) is 0. The molecule has 0 unspecified atom stereocenters. The third kappa shape index (κ3) is 1.84. The van der Waals surface area contributed by atoms with Gasteiger partial charge in [-0.2, -0.15) is 11.3 Å². The lowest BCUT2D eigenvalue weighted by atomic mass is 9.47. The van der Waals surface area contributed by atoms with E-state index in [-0.39, 0.29) is 0 Å². The molecule has 4 aliphatic carbocycles. The van der Waals surface area contributed by atoms with Crippen molar-refractivity contribution in [2.45, 2.75) is 70.1 Å². The lowest BCUT2D eigenvalue weighted by molar-refractivity contribution is -0.00570. The first-order valence-electron chi connectivity index (χ1n) is 8.03. The number of hydrogen-bond donors (Lipinski definition) is 0. The molecule has 4 fully saturated rings. The molecule has 4 aliphatic rings. The van der Waals surface area contributed by atoms with Crippen LogP contribution in [0.2, 0.25) is 0 Å². The minimum Gasteiger partial charge on any atom is -0.152 e. The second-order valence-electron chi connectivity index (χ2n) is 8.65. The summed E-state index contributed by atoms with van der Waals surface area (Å²) in [5.74, 6) is 3.16. The molecular weight excluding hydrogens is 248 g/mol. The predicted molar refractivity (Wildman–Crippen MR) is 82.9 cm³/mol. The molecule has 1 aromatic heterocycles. The average molecular weight is 274 g/mol. The van der Waals surface area contributed by atoms with Crippen molar-refractivity contribution in [1.29, 1.82) is 0 Å². The van der Waals surface area contributed by atoms with E-state index >= 15 is 0 Å². The Morgan fingerprint density at radius 1 is 0.947 bits per heavy atom. The summed E-state index contributed by atoms with van der Waals surface area (Å²) in [6.45, 7) is 7.16. The molecule has 0 N–H and O–H groups in total. The second-order valence-corrected chi connectivity index (χ2v) is 9.39. The van der Waals surface area contributed by atoms with E-state index in [0.717, 1.165) is 17.8 Å². The van der Waals surface area contributed by atoms with Crippen LogP contribution < -0.4 is 0 Å². The molecule has 4 bridgehead atoms. The molecule has 104 valence electrons. The zero-order chi connectivity index (χ0) is 13.3. The van der Waals surface area contributed by atoms with E-state index in [2.05, 4.69) is 31.5 Å². The van der Waals surface area contributed by atoms with Crippen LogP contribution in [-0.2, 0) is 10.8 Å². The summed E-state index contributed by atoms with van der Waals surface area (Å²) in [7, 11) is 0. The van der Waals surface area contributed by atoms with E-state index in [0.29, 0.717) is 10.8 Å². The molecule has 19 heavy (non-hydrogen) atoms. The average Bonchev–Trinajstić information content (AvgIpc) is 2.75. The van der Waals surface area contributed by atoms with Gasteiger partial charge in [0.1, 0.15) is 0 Å². The minimum absolute atomic E-state index is 0.318. The fraction of sp³-hybridized carbons (Fsp3) is 0.778. The van der Waals surface area contributed by atoms with Gasteiger partial charge in [0.25, 0.3) is 0 Å². The molecule has 1 heterocycles. The maximum absolute atomic E-state index is 2.51. The molecule has 0 radical (unpaired) electrons. The monoisotopic (exact) mass is 274 g/mol. The van der Waals surface area contributed by atoms with Gasteiger partial charge >= 0.3 is 0 Å². The maximum Gasteiger partial charge on any atom is -0.00279 e. The van der Waals surface area contributed by atoms with Gasteiger partial charge in [0.15, 0.2) is 0 Å². The van der Waals surface area contributed by atoms with Gasteiger partial charge < -0.3 is 0 Å².